The van der Waals surface area contributed by atoms with Crippen LogP contribution in [-0.4, -0.2) is 26.1 Å². The van der Waals surface area contributed by atoms with Gasteiger partial charge >= 0.3 is 5.97 Å². The second-order valence-electron chi connectivity index (χ2n) is 3.82. The van der Waals surface area contributed by atoms with Crippen molar-refractivity contribution in [3.8, 4) is 11.4 Å². The van der Waals surface area contributed by atoms with Gasteiger partial charge in [0.15, 0.2) is 0 Å². The van der Waals surface area contributed by atoms with Gasteiger partial charge in [-0.1, -0.05) is 17.3 Å². The van der Waals surface area contributed by atoms with Gasteiger partial charge in [-0.25, -0.2) is 0 Å². The van der Waals surface area contributed by atoms with Crippen molar-refractivity contribution in [2.75, 3.05) is 0 Å². The first-order chi connectivity index (χ1) is 8.99. The van der Waals surface area contributed by atoms with Crippen LogP contribution in [0.25, 0.3) is 11.4 Å². The number of hydrogen-bond acceptors (Lipinski definition) is 6. The Kier molecular flexibility index (Phi) is 3.23. The van der Waals surface area contributed by atoms with Gasteiger partial charge in [-0.3, -0.25) is 14.9 Å². The minimum atomic E-state index is -1.09. The molecule has 1 N–H and O–H groups in total. The largest absolute Gasteiger partial charge is 0.481 e. The van der Waals surface area contributed by atoms with E-state index in [-0.39, 0.29) is 17.4 Å². The van der Waals surface area contributed by atoms with Gasteiger partial charge in [-0.15, -0.1) is 0 Å². The molecule has 1 aromatic carbocycles. The molecule has 2 aromatic rings. The molecule has 8 nitrogen and oxygen atoms in total. The average molecular weight is 263 g/mol. The van der Waals surface area contributed by atoms with Crippen LogP contribution in [0.15, 0.2) is 28.8 Å². The van der Waals surface area contributed by atoms with Crippen LogP contribution in [0, 0.1) is 10.1 Å². The van der Waals surface area contributed by atoms with E-state index in [9.17, 15) is 14.9 Å². The lowest BCUT2D eigenvalue weighted by atomic mass is 10.2. The highest BCUT2D eigenvalue weighted by atomic mass is 16.6. The van der Waals surface area contributed by atoms with Gasteiger partial charge < -0.3 is 9.63 Å². The van der Waals surface area contributed by atoms with Crippen LogP contribution >= 0.6 is 0 Å². The van der Waals surface area contributed by atoms with Gasteiger partial charge in [0.2, 0.25) is 11.7 Å². The predicted molar refractivity (Wildman–Crippen MR) is 62.4 cm³/mol. The summed E-state index contributed by atoms with van der Waals surface area (Å²) in [4.78, 5) is 24.8. The van der Waals surface area contributed by atoms with E-state index in [0.29, 0.717) is 5.56 Å². The highest BCUT2D eigenvalue weighted by Crippen LogP contribution is 2.23. The lowest BCUT2D eigenvalue weighted by Crippen LogP contribution is -2.07. The molecular formula is C11H9N3O5. The van der Waals surface area contributed by atoms with Gasteiger partial charge in [-0.05, 0) is 6.92 Å². The third kappa shape index (κ3) is 2.57. The van der Waals surface area contributed by atoms with Crippen LogP contribution in [0.2, 0.25) is 0 Å². The summed E-state index contributed by atoms with van der Waals surface area (Å²) < 4.78 is 4.83. The smallest absolute Gasteiger partial charge is 0.315 e. The molecule has 19 heavy (non-hydrogen) atoms. The topological polar surface area (TPSA) is 119 Å². The molecule has 0 aliphatic carbocycles. The monoisotopic (exact) mass is 263 g/mol. The van der Waals surface area contributed by atoms with Crippen molar-refractivity contribution in [2.24, 2.45) is 0 Å². The Morgan fingerprint density at radius 2 is 2.26 bits per heavy atom. The fourth-order valence-corrected chi connectivity index (χ4v) is 1.39. The van der Waals surface area contributed by atoms with Crippen molar-refractivity contribution >= 4 is 11.7 Å². The molecule has 0 spiro atoms. The standard InChI is InChI=1S/C11H9N3O5/c1-6(11(15)16)10-12-9(13-19-10)7-3-2-4-8(5-7)14(17)18/h2-6H,1H3,(H,15,16). The number of carbonyl (C=O) groups is 1. The maximum Gasteiger partial charge on any atom is 0.315 e. The van der Waals surface area contributed by atoms with E-state index in [1.54, 1.807) is 6.07 Å². The molecule has 0 fully saturated rings. The molecule has 98 valence electrons. The molecule has 0 aliphatic rings. The van der Waals surface area contributed by atoms with E-state index in [0.717, 1.165) is 0 Å². The highest BCUT2D eigenvalue weighted by Gasteiger charge is 2.21. The Morgan fingerprint density at radius 3 is 2.89 bits per heavy atom. The molecule has 0 amide bonds. The van der Waals surface area contributed by atoms with Crippen molar-refractivity contribution in [3.63, 3.8) is 0 Å². The fraction of sp³-hybridized carbons (Fsp3) is 0.182. The van der Waals surface area contributed by atoms with Crippen LogP contribution < -0.4 is 0 Å². The molecule has 1 aromatic heterocycles. The molecule has 0 bridgehead atoms. The number of nitro benzene ring substituents is 1. The van der Waals surface area contributed by atoms with Gasteiger partial charge in [-0.2, -0.15) is 4.98 Å². The van der Waals surface area contributed by atoms with Crippen molar-refractivity contribution in [1.29, 1.82) is 0 Å². The summed E-state index contributed by atoms with van der Waals surface area (Å²) in [7, 11) is 0. The number of carboxylic acid groups (broad SMARTS) is 1. The number of nitro groups is 1. The normalized spacial score (nSPS) is 12.1. The highest BCUT2D eigenvalue weighted by molar-refractivity contribution is 5.74. The number of non-ortho nitro benzene ring substituents is 1. The Hall–Kier alpha value is -2.77. The summed E-state index contributed by atoms with van der Waals surface area (Å²) in [5.74, 6) is -1.95. The summed E-state index contributed by atoms with van der Waals surface area (Å²) in [5.41, 5.74) is 0.289. The minimum Gasteiger partial charge on any atom is -0.481 e. The van der Waals surface area contributed by atoms with Gasteiger partial charge in [0, 0.05) is 17.7 Å². The molecule has 1 heterocycles. The lowest BCUT2D eigenvalue weighted by Gasteiger charge is -1.97. The van der Waals surface area contributed by atoms with E-state index in [1.165, 1.54) is 25.1 Å². The fourth-order valence-electron chi connectivity index (χ4n) is 1.39. The molecule has 0 aliphatic heterocycles. The maximum absolute atomic E-state index is 10.8. The van der Waals surface area contributed by atoms with Crippen LogP contribution in [0.4, 0.5) is 5.69 Å². The second kappa shape index (κ2) is 4.84. The number of hydrogen-bond donors (Lipinski definition) is 1. The second-order valence-corrected chi connectivity index (χ2v) is 3.82. The van der Waals surface area contributed by atoms with Crippen LogP contribution in [0.3, 0.4) is 0 Å². The zero-order chi connectivity index (χ0) is 14.0. The van der Waals surface area contributed by atoms with Crippen LogP contribution in [-0.2, 0) is 4.79 Å². The first kappa shape index (κ1) is 12.7. The first-order valence-electron chi connectivity index (χ1n) is 5.30. The van der Waals surface area contributed by atoms with E-state index < -0.39 is 16.8 Å². The summed E-state index contributed by atoms with van der Waals surface area (Å²) in [5, 5.41) is 23.1. The van der Waals surface area contributed by atoms with E-state index in [2.05, 4.69) is 10.1 Å². The lowest BCUT2D eigenvalue weighted by molar-refractivity contribution is -0.384. The third-order valence-electron chi connectivity index (χ3n) is 2.50. The quantitative estimate of drug-likeness (QED) is 0.659. The summed E-state index contributed by atoms with van der Waals surface area (Å²) in [6, 6.07) is 5.70. The van der Waals surface area contributed by atoms with Crippen LogP contribution in [0.5, 0.6) is 0 Å². The maximum atomic E-state index is 10.8. The zero-order valence-corrected chi connectivity index (χ0v) is 9.81. The number of benzene rings is 1. The van der Waals surface area contributed by atoms with Gasteiger partial charge in [0.25, 0.3) is 5.69 Å². The minimum absolute atomic E-state index is 0.0472. The Morgan fingerprint density at radius 1 is 1.53 bits per heavy atom. The van der Waals surface area contributed by atoms with Crippen molar-refractivity contribution < 1.29 is 19.3 Å². The van der Waals surface area contributed by atoms with Crippen molar-refractivity contribution in [3.05, 3.63) is 40.3 Å². The number of nitrogens with zero attached hydrogens (tertiary/aromatic N) is 3. The predicted octanol–water partition coefficient (Wildman–Crippen LogP) is 1.83. The average Bonchev–Trinajstić information content (AvgIpc) is 2.87. The molecule has 2 rings (SSSR count). The molecule has 8 heteroatoms. The Balaban J connectivity index is 2.35. The van der Waals surface area contributed by atoms with Crippen molar-refractivity contribution in [2.45, 2.75) is 12.8 Å². The van der Waals surface area contributed by atoms with Crippen molar-refractivity contribution in [1.82, 2.24) is 10.1 Å². The van der Waals surface area contributed by atoms with Gasteiger partial charge in [0.05, 0.1) is 4.92 Å². The molecular weight excluding hydrogens is 254 g/mol. The number of rotatable bonds is 4. The zero-order valence-electron chi connectivity index (χ0n) is 9.81. The Bertz CT molecular complexity index is 637. The van der Waals surface area contributed by atoms with E-state index >= 15 is 0 Å². The molecule has 0 saturated heterocycles. The number of aromatic nitrogens is 2. The van der Waals surface area contributed by atoms with Gasteiger partial charge in [0.1, 0.15) is 5.92 Å². The molecule has 1 unspecified atom stereocenters. The summed E-state index contributed by atoms with van der Waals surface area (Å²) in [6.45, 7) is 1.41. The van der Waals surface area contributed by atoms with E-state index in [1.807, 2.05) is 0 Å². The Labute approximate surface area is 106 Å². The third-order valence-corrected chi connectivity index (χ3v) is 2.50. The SMILES string of the molecule is CC(C(=O)O)c1nc(-c2cccc([N+](=O)[O-])c2)no1. The first-order valence-corrected chi connectivity index (χ1v) is 5.30. The molecule has 0 radical (unpaired) electrons. The molecule has 0 saturated carbocycles. The summed E-state index contributed by atoms with van der Waals surface area (Å²) >= 11 is 0. The van der Waals surface area contributed by atoms with Crippen LogP contribution in [0.1, 0.15) is 18.7 Å². The number of aliphatic carboxylic acids is 1. The molecule has 1 atom stereocenters. The summed E-state index contributed by atoms with van der Waals surface area (Å²) in [6.07, 6.45) is 0. The number of carboxylic acids is 1. The van der Waals surface area contributed by atoms with E-state index in [4.69, 9.17) is 9.63 Å².